The van der Waals surface area contributed by atoms with Gasteiger partial charge in [-0.15, -0.1) is 0 Å². The Kier molecular flexibility index (Phi) is 12.5. The second-order valence-corrected chi connectivity index (χ2v) is 11.7. The minimum Gasteiger partial charge on any atom is -0.468 e. The minimum absolute atomic E-state index is 0.127. The average molecular weight is 652 g/mol. The standard InChI is InChI=1S/C33H45N7O7/c1-45-33(44)24(37-31(42)28-8-5-19-46-28)11-15-39-18-14-35-25(21-39)27-9-10-29(47-27)32(43)38-26(22-40-16-12-34-13-17-40)30(41)36-20-23-6-3-2-4-7-23/h2-10,19,24-26,31,34-35,37,42H,11-18,20-22H2,1H3,(H,36,41)(H,38,43). The fraction of sp³-hybridized carbons (Fsp3) is 0.485. The van der Waals surface area contributed by atoms with E-state index >= 15 is 0 Å². The van der Waals surface area contributed by atoms with E-state index in [1.807, 2.05) is 30.3 Å². The summed E-state index contributed by atoms with van der Waals surface area (Å²) in [4.78, 5) is 43.4. The van der Waals surface area contributed by atoms with Crippen LogP contribution in [0, 0.1) is 0 Å². The summed E-state index contributed by atoms with van der Waals surface area (Å²) in [7, 11) is 1.31. The smallest absolute Gasteiger partial charge is 0.322 e. The summed E-state index contributed by atoms with van der Waals surface area (Å²) < 4.78 is 16.2. The van der Waals surface area contributed by atoms with E-state index < -0.39 is 30.2 Å². The van der Waals surface area contributed by atoms with Crippen LogP contribution in [0.3, 0.4) is 0 Å². The Bertz CT molecular complexity index is 1410. The van der Waals surface area contributed by atoms with Gasteiger partial charge >= 0.3 is 5.97 Å². The molecule has 2 aliphatic heterocycles. The number of aliphatic hydroxyl groups excluding tert-OH is 1. The Hall–Kier alpha value is -4.05. The predicted octanol–water partition coefficient (Wildman–Crippen LogP) is 0.351. The Morgan fingerprint density at radius 3 is 2.53 bits per heavy atom. The Balaban J connectivity index is 1.16. The molecule has 14 nitrogen and oxygen atoms in total. The minimum atomic E-state index is -1.15. The number of methoxy groups -OCH3 is 1. The molecule has 47 heavy (non-hydrogen) atoms. The average Bonchev–Trinajstić information content (AvgIpc) is 3.83. The number of rotatable bonds is 15. The Morgan fingerprint density at radius 1 is 1.00 bits per heavy atom. The van der Waals surface area contributed by atoms with Crippen LogP contribution in [-0.2, 0) is 20.9 Å². The highest BCUT2D eigenvalue weighted by Crippen LogP contribution is 2.21. The lowest BCUT2D eigenvalue weighted by atomic mass is 10.1. The molecular weight excluding hydrogens is 606 g/mol. The van der Waals surface area contributed by atoms with Gasteiger partial charge in [0.05, 0.1) is 19.4 Å². The number of nitrogens with zero attached hydrogens (tertiary/aromatic N) is 2. The van der Waals surface area contributed by atoms with Crippen molar-refractivity contribution in [2.24, 2.45) is 0 Å². The Labute approximate surface area is 274 Å². The van der Waals surface area contributed by atoms with Crippen LogP contribution in [0.1, 0.15) is 46.3 Å². The zero-order valence-corrected chi connectivity index (χ0v) is 26.7. The number of amides is 2. The molecule has 0 saturated carbocycles. The molecule has 2 saturated heterocycles. The van der Waals surface area contributed by atoms with Crippen LogP contribution in [0.4, 0.5) is 0 Å². The van der Waals surface area contributed by atoms with Crippen LogP contribution in [0.2, 0.25) is 0 Å². The summed E-state index contributed by atoms with van der Waals surface area (Å²) in [5.41, 5.74) is 0.973. The summed E-state index contributed by atoms with van der Waals surface area (Å²) in [6, 6.07) is 14.6. The number of aliphatic hydroxyl groups is 1. The highest BCUT2D eigenvalue weighted by atomic mass is 16.5. The van der Waals surface area contributed by atoms with E-state index in [-0.39, 0.29) is 17.7 Å². The van der Waals surface area contributed by atoms with E-state index in [0.717, 1.165) is 38.3 Å². The van der Waals surface area contributed by atoms with Gasteiger partial charge in [0.2, 0.25) is 5.91 Å². The predicted molar refractivity (Wildman–Crippen MR) is 172 cm³/mol. The van der Waals surface area contributed by atoms with E-state index in [0.29, 0.717) is 50.7 Å². The molecule has 3 aromatic rings. The number of furan rings is 2. The summed E-state index contributed by atoms with van der Waals surface area (Å²) in [6.07, 6.45) is 0.696. The molecule has 0 bridgehead atoms. The molecule has 6 N–H and O–H groups in total. The van der Waals surface area contributed by atoms with Crippen LogP contribution in [0.25, 0.3) is 0 Å². The second-order valence-electron chi connectivity index (χ2n) is 11.7. The molecule has 2 aromatic heterocycles. The lowest BCUT2D eigenvalue weighted by molar-refractivity contribution is -0.144. The summed E-state index contributed by atoms with van der Waals surface area (Å²) in [5.74, 6) is -0.158. The van der Waals surface area contributed by atoms with Crippen molar-refractivity contribution in [3.8, 4) is 0 Å². The van der Waals surface area contributed by atoms with Gasteiger partial charge in [0, 0.05) is 65.4 Å². The first-order valence-corrected chi connectivity index (χ1v) is 16.1. The number of hydrogen-bond acceptors (Lipinski definition) is 12. The lowest BCUT2D eigenvalue weighted by Gasteiger charge is -2.33. The first kappa shape index (κ1) is 34.3. The van der Waals surface area contributed by atoms with Crippen molar-refractivity contribution in [2.75, 3.05) is 66.0 Å². The first-order chi connectivity index (χ1) is 22.9. The van der Waals surface area contributed by atoms with Crippen molar-refractivity contribution in [3.05, 3.63) is 83.7 Å². The maximum absolute atomic E-state index is 13.4. The Morgan fingerprint density at radius 2 is 1.79 bits per heavy atom. The maximum Gasteiger partial charge on any atom is 0.322 e. The largest absolute Gasteiger partial charge is 0.468 e. The van der Waals surface area contributed by atoms with Gasteiger partial charge in [0.15, 0.2) is 12.0 Å². The van der Waals surface area contributed by atoms with Crippen molar-refractivity contribution in [3.63, 3.8) is 0 Å². The second kappa shape index (κ2) is 17.2. The fourth-order valence-electron chi connectivity index (χ4n) is 5.79. The van der Waals surface area contributed by atoms with Crippen LogP contribution in [-0.4, -0.2) is 111 Å². The molecule has 5 rings (SSSR count). The van der Waals surface area contributed by atoms with Gasteiger partial charge in [-0.3, -0.25) is 29.5 Å². The van der Waals surface area contributed by atoms with E-state index in [9.17, 15) is 19.5 Å². The molecule has 2 aliphatic rings. The topological polar surface area (TPSA) is 174 Å². The number of piperazine rings is 2. The molecule has 0 radical (unpaired) electrons. The monoisotopic (exact) mass is 651 g/mol. The van der Waals surface area contributed by atoms with Crippen molar-refractivity contribution >= 4 is 17.8 Å². The van der Waals surface area contributed by atoms with Gasteiger partial charge in [-0.2, -0.15) is 0 Å². The number of esters is 1. The number of hydrogen-bond donors (Lipinski definition) is 6. The molecule has 0 aliphatic carbocycles. The number of carbonyl (C=O) groups excluding carboxylic acids is 3. The van der Waals surface area contributed by atoms with Gasteiger partial charge in [0.25, 0.3) is 5.91 Å². The third-order valence-electron chi connectivity index (χ3n) is 8.43. The molecule has 254 valence electrons. The third-order valence-corrected chi connectivity index (χ3v) is 8.43. The molecule has 2 fully saturated rings. The third kappa shape index (κ3) is 9.97. The highest BCUT2D eigenvalue weighted by Gasteiger charge is 2.30. The van der Waals surface area contributed by atoms with Crippen molar-refractivity contribution in [2.45, 2.75) is 37.3 Å². The van der Waals surface area contributed by atoms with Crippen LogP contribution < -0.4 is 26.6 Å². The van der Waals surface area contributed by atoms with Crippen LogP contribution in [0.15, 0.2) is 69.7 Å². The van der Waals surface area contributed by atoms with Gasteiger partial charge < -0.3 is 39.9 Å². The molecule has 4 atom stereocenters. The number of nitrogens with one attached hydrogen (secondary N) is 5. The van der Waals surface area contributed by atoms with Crippen LogP contribution >= 0.6 is 0 Å². The van der Waals surface area contributed by atoms with Gasteiger partial charge in [-0.25, -0.2) is 0 Å². The molecule has 1 aromatic carbocycles. The van der Waals surface area contributed by atoms with E-state index in [2.05, 4.69) is 36.4 Å². The van der Waals surface area contributed by atoms with Gasteiger partial charge in [-0.05, 0) is 36.2 Å². The zero-order chi connectivity index (χ0) is 33.0. The lowest BCUT2D eigenvalue weighted by Crippen LogP contribution is -2.55. The SMILES string of the molecule is COC(=O)C(CCN1CCNC(c2ccc(C(=O)NC(CN3CCNCC3)C(=O)NCc3ccccc3)o2)C1)NC(O)c1ccco1. The zero-order valence-electron chi connectivity index (χ0n) is 26.7. The maximum atomic E-state index is 13.4. The van der Waals surface area contributed by atoms with Crippen molar-refractivity contribution in [1.82, 2.24) is 36.4 Å². The first-order valence-electron chi connectivity index (χ1n) is 16.1. The summed E-state index contributed by atoms with van der Waals surface area (Å²) >= 11 is 0. The molecular formula is C33H45N7O7. The van der Waals surface area contributed by atoms with E-state index in [4.69, 9.17) is 13.6 Å². The highest BCUT2D eigenvalue weighted by molar-refractivity contribution is 5.95. The fourth-order valence-corrected chi connectivity index (χ4v) is 5.79. The summed E-state index contributed by atoms with van der Waals surface area (Å²) in [5, 5.41) is 25.9. The number of benzene rings is 1. The molecule has 4 heterocycles. The molecule has 4 unspecified atom stereocenters. The number of carbonyl (C=O) groups is 3. The molecule has 2 amide bonds. The van der Waals surface area contributed by atoms with Gasteiger partial charge in [0.1, 0.15) is 23.6 Å². The quantitative estimate of drug-likeness (QED) is 0.0985. The van der Waals surface area contributed by atoms with Crippen LogP contribution in [0.5, 0.6) is 0 Å². The van der Waals surface area contributed by atoms with E-state index in [1.165, 1.54) is 13.4 Å². The van der Waals surface area contributed by atoms with E-state index in [1.54, 1.807) is 24.3 Å². The molecule has 0 spiro atoms. The van der Waals surface area contributed by atoms with Gasteiger partial charge in [-0.1, -0.05) is 30.3 Å². The summed E-state index contributed by atoms with van der Waals surface area (Å²) in [6.45, 7) is 6.52. The normalized spacial score (nSPS) is 19.4. The molecule has 14 heteroatoms. The van der Waals surface area contributed by atoms with Crippen molar-refractivity contribution in [1.29, 1.82) is 0 Å². The number of ether oxygens (including phenoxy) is 1. The van der Waals surface area contributed by atoms with Crippen molar-refractivity contribution < 1.29 is 33.1 Å².